The lowest BCUT2D eigenvalue weighted by Crippen LogP contribution is -2.28. The first-order valence-corrected chi connectivity index (χ1v) is 10.7. The average molecular weight is 376 g/mol. The molecule has 1 N–H and O–H groups in total. The third-order valence-electron chi connectivity index (χ3n) is 5.23. The molecule has 1 aromatic carbocycles. The van der Waals surface area contributed by atoms with E-state index in [1.807, 2.05) is 19.9 Å². The van der Waals surface area contributed by atoms with Crippen LogP contribution in [0, 0.1) is 13.8 Å². The second-order valence-electron chi connectivity index (χ2n) is 7.80. The molecule has 1 saturated heterocycles. The molecule has 1 aliphatic heterocycles. The Morgan fingerprint density at radius 2 is 1.70 bits per heavy atom. The zero-order chi connectivity index (χ0) is 19.3. The molecule has 1 aromatic rings. The summed E-state index contributed by atoms with van der Waals surface area (Å²) in [6.45, 7) is 6.37. The van der Waals surface area contributed by atoms with Gasteiger partial charge in [0.15, 0.2) is 0 Å². The molecular formula is C23H37NO3. The molecule has 4 nitrogen and oxygen atoms in total. The quantitative estimate of drug-likeness (QED) is 0.487. The maximum atomic E-state index is 12.1. The van der Waals surface area contributed by atoms with E-state index in [0.717, 1.165) is 50.3 Å². The SMILES string of the molecule is Cc1ccc(C)c(NC(=O)CCCCCCCCCC[C@H]2COCCO2)c1. The summed E-state index contributed by atoms with van der Waals surface area (Å²) in [4.78, 5) is 12.1. The number of unbranched alkanes of at least 4 members (excludes halogenated alkanes) is 7. The molecule has 0 aromatic heterocycles. The number of hydrogen-bond donors (Lipinski definition) is 1. The van der Waals surface area contributed by atoms with Gasteiger partial charge in [-0.15, -0.1) is 0 Å². The van der Waals surface area contributed by atoms with Crippen LogP contribution in [0.1, 0.15) is 75.3 Å². The summed E-state index contributed by atoms with van der Waals surface area (Å²) in [5.74, 6) is 0.137. The molecule has 1 fully saturated rings. The molecule has 1 heterocycles. The second kappa shape index (κ2) is 12.9. The molecule has 0 aliphatic carbocycles. The lowest BCUT2D eigenvalue weighted by molar-refractivity contribution is -0.116. The van der Waals surface area contributed by atoms with Crippen molar-refractivity contribution >= 4 is 11.6 Å². The smallest absolute Gasteiger partial charge is 0.224 e. The maximum Gasteiger partial charge on any atom is 0.224 e. The van der Waals surface area contributed by atoms with Crippen LogP contribution in [0.15, 0.2) is 18.2 Å². The summed E-state index contributed by atoms with van der Waals surface area (Å²) >= 11 is 0. The third kappa shape index (κ3) is 9.39. The van der Waals surface area contributed by atoms with E-state index in [0.29, 0.717) is 12.5 Å². The number of rotatable bonds is 12. The minimum atomic E-state index is 0.137. The molecule has 1 amide bonds. The van der Waals surface area contributed by atoms with Gasteiger partial charge in [-0.05, 0) is 43.9 Å². The van der Waals surface area contributed by atoms with Gasteiger partial charge in [0.1, 0.15) is 0 Å². The molecule has 0 saturated carbocycles. The van der Waals surface area contributed by atoms with Crippen LogP contribution in [0.5, 0.6) is 0 Å². The molecule has 0 unspecified atom stereocenters. The Morgan fingerprint density at radius 3 is 2.41 bits per heavy atom. The van der Waals surface area contributed by atoms with Gasteiger partial charge in [0.25, 0.3) is 0 Å². The molecule has 27 heavy (non-hydrogen) atoms. The summed E-state index contributed by atoms with van der Waals surface area (Å²) in [7, 11) is 0. The molecule has 2 rings (SSSR count). The number of carbonyl (C=O) groups is 1. The van der Waals surface area contributed by atoms with E-state index in [2.05, 4.69) is 17.4 Å². The van der Waals surface area contributed by atoms with Crippen LogP contribution < -0.4 is 5.32 Å². The summed E-state index contributed by atoms with van der Waals surface area (Å²) in [6, 6.07) is 6.17. The fourth-order valence-corrected chi connectivity index (χ4v) is 3.50. The molecule has 152 valence electrons. The van der Waals surface area contributed by atoms with Gasteiger partial charge >= 0.3 is 0 Å². The monoisotopic (exact) mass is 375 g/mol. The molecule has 0 radical (unpaired) electrons. The van der Waals surface area contributed by atoms with Gasteiger partial charge in [-0.3, -0.25) is 4.79 Å². The van der Waals surface area contributed by atoms with Gasteiger partial charge in [0.05, 0.1) is 25.9 Å². The van der Waals surface area contributed by atoms with Gasteiger partial charge in [0.2, 0.25) is 5.91 Å². The van der Waals surface area contributed by atoms with Crippen molar-refractivity contribution in [1.82, 2.24) is 0 Å². The van der Waals surface area contributed by atoms with Gasteiger partial charge < -0.3 is 14.8 Å². The first-order chi connectivity index (χ1) is 13.1. The van der Waals surface area contributed by atoms with E-state index >= 15 is 0 Å². The van der Waals surface area contributed by atoms with Gasteiger partial charge in [-0.25, -0.2) is 0 Å². The van der Waals surface area contributed by atoms with Crippen LogP contribution in [-0.4, -0.2) is 31.8 Å². The first kappa shape index (κ1) is 21.9. The van der Waals surface area contributed by atoms with Crippen LogP contribution in [-0.2, 0) is 14.3 Å². The van der Waals surface area contributed by atoms with Crippen molar-refractivity contribution < 1.29 is 14.3 Å². The highest BCUT2D eigenvalue weighted by molar-refractivity contribution is 5.91. The van der Waals surface area contributed by atoms with Gasteiger partial charge in [0, 0.05) is 12.1 Å². The number of carbonyl (C=O) groups excluding carboxylic acids is 1. The summed E-state index contributed by atoms with van der Waals surface area (Å²) in [6.07, 6.45) is 11.9. The molecule has 1 aliphatic rings. The number of aryl methyl sites for hydroxylation is 2. The van der Waals surface area contributed by atoms with E-state index in [4.69, 9.17) is 9.47 Å². The van der Waals surface area contributed by atoms with Crippen LogP contribution in [0.25, 0.3) is 0 Å². The van der Waals surface area contributed by atoms with Crippen LogP contribution >= 0.6 is 0 Å². The minimum Gasteiger partial charge on any atom is -0.376 e. The summed E-state index contributed by atoms with van der Waals surface area (Å²) in [5.41, 5.74) is 3.25. The van der Waals surface area contributed by atoms with E-state index in [9.17, 15) is 4.79 Å². The zero-order valence-electron chi connectivity index (χ0n) is 17.2. The average Bonchev–Trinajstić information content (AvgIpc) is 2.67. The molecule has 4 heteroatoms. The molecule has 0 bridgehead atoms. The predicted octanol–water partition coefficient (Wildman–Crippen LogP) is 5.56. The highest BCUT2D eigenvalue weighted by atomic mass is 16.6. The fourth-order valence-electron chi connectivity index (χ4n) is 3.50. The van der Waals surface area contributed by atoms with Crippen LogP contribution in [0.4, 0.5) is 5.69 Å². The predicted molar refractivity (Wildman–Crippen MR) is 111 cm³/mol. The Bertz CT molecular complexity index is 553. The van der Waals surface area contributed by atoms with Gasteiger partial charge in [-0.2, -0.15) is 0 Å². The van der Waals surface area contributed by atoms with Crippen molar-refractivity contribution in [2.24, 2.45) is 0 Å². The molecule has 1 atom stereocenters. The number of nitrogens with one attached hydrogen (secondary N) is 1. The minimum absolute atomic E-state index is 0.137. The third-order valence-corrected chi connectivity index (χ3v) is 5.23. The number of ether oxygens (including phenoxy) is 2. The van der Waals surface area contributed by atoms with E-state index < -0.39 is 0 Å². The lowest BCUT2D eigenvalue weighted by atomic mass is 10.0. The second-order valence-corrected chi connectivity index (χ2v) is 7.80. The van der Waals surface area contributed by atoms with E-state index in [-0.39, 0.29) is 5.91 Å². The Labute approximate surface area is 165 Å². The zero-order valence-corrected chi connectivity index (χ0v) is 17.2. The lowest BCUT2D eigenvalue weighted by Gasteiger charge is -2.22. The summed E-state index contributed by atoms with van der Waals surface area (Å²) < 4.78 is 11.1. The Hall–Kier alpha value is -1.39. The number of anilines is 1. The maximum absolute atomic E-state index is 12.1. The first-order valence-electron chi connectivity index (χ1n) is 10.7. The van der Waals surface area contributed by atoms with Crippen molar-refractivity contribution in [1.29, 1.82) is 0 Å². The normalized spacial score (nSPS) is 17.0. The van der Waals surface area contributed by atoms with Crippen molar-refractivity contribution in [3.05, 3.63) is 29.3 Å². The topological polar surface area (TPSA) is 47.6 Å². The molecular weight excluding hydrogens is 338 g/mol. The van der Waals surface area contributed by atoms with E-state index in [1.165, 1.54) is 44.1 Å². The van der Waals surface area contributed by atoms with Crippen molar-refractivity contribution in [2.75, 3.05) is 25.1 Å². The number of hydrogen-bond acceptors (Lipinski definition) is 3. The van der Waals surface area contributed by atoms with Crippen molar-refractivity contribution in [2.45, 2.75) is 84.2 Å². The highest BCUT2D eigenvalue weighted by Crippen LogP contribution is 2.17. The Kier molecular flexibility index (Phi) is 10.5. The van der Waals surface area contributed by atoms with Crippen LogP contribution in [0.2, 0.25) is 0 Å². The van der Waals surface area contributed by atoms with E-state index in [1.54, 1.807) is 0 Å². The van der Waals surface area contributed by atoms with Gasteiger partial charge in [-0.1, -0.05) is 57.1 Å². The standard InChI is InChI=1S/C23H37NO3/c1-19-13-14-20(2)22(17-19)24-23(25)12-10-8-6-4-3-5-7-9-11-21-18-26-15-16-27-21/h13-14,17,21H,3-12,15-16,18H2,1-2H3,(H,24,25)/t21-/m0/s1. The van der Waals surface area contributed by atoms with Crippen molar-refractivity contribution in [3.63, 3.8) is 0 Å². The van der Waals surface area contributed by atoms with Crippen molar-refractivity contribution in [3.8, 4) is 0 Å². The fraction of sp³-hybridized carbons (Fsp3) is 0.696. The summed E-state index contributed by atoms with van der Waals surface area (Å²) in [5, 5.41) is 3.05. The Morgan fingerprint density at radius 1 is 1.00 bits per heavy atom. The van der Waals surface area contributed by atoms with Crippen LogP contribution in [0.3, 0.4) is 0 Å². The number of benzene rings is 1. The number of amides is 1. The highest BCUT2D eigenvalue weighted by Gasteiger charge is 2.13. The largest absolute Gasteiger partial charge is 0.376 e. The molecule has 0 spiro atoms. The Balaban J connectivity index is 1.40.